The van der Waals surface area contributed by atoms with E-state index in [4.69, 9.17) is 0 Å². The number of hydrogen-bond donors (Lipinski definition) is 1. The largest absolute Gasteiger partial charge is 0.294 e. The second kappa shape index (κ2) is 13.7. The van der Waals surface area contributed by atoms with Gasteiger partial charge in [0.15, 0.2) is 0 Å². The predicted octanol–water partition coefficient (Wildman–Crippen LogP) is 5.40. The molecule has 0 unspecified atom stereocenters. The first-order valence-electron chi connectivity index (χ1n) is 8.61. The van der Waals surface area contributed by atoms with Gasteiger partial charge in [-0.3, -0.25) is 4.55 Å². The topological polar surface area (TPSA) is 54.4 Å². The summed E-state index contributed by atoms with van der Waals surface area (Å²) >= 11 is 0. The SMILES string of the molecule is CCCCCCCCCCCCc1ccccc1S(=O)(=O)O.[Th]. The molecule has 0 amide bonds. The second-order valence-corrected chi connectivity index (χ2v) is 7.40. The van der Waals surface area contributed by atoms with Crippen LogP contribution in [0, 0.1) is 39.9 Å². The van der Waals surface area contributed by atoms with Crippen LogP contribution in [0.4, 0.5) is 0 Å². The molecule has 23 heavy (non-hydrogen) atoms. The molecule has 1 rings (SSSR count). The maximum absolute atomic E-state index is 11.3. The third-order valence-corrected chi connectivity index (χ3v) is 5.00. The van der Waals surface area contributed by atoms with Gasteiger partial charge in [0.05, 0.1) is 4.90 Å². The minimum atomic E-state index is -4.10. The van der Waals surface area contributed by atoms with E-state index in [1.807, 2.05) is 6.07 Å². The molecule has 0 aliphatic carbocycles. The van der Waals surface area contributed by atoms with Crippen molar-refractivity contribution in [3.63, 3.8) is 0 Å². The Bertz CT molecular complexity index is 515. The molecule has 0 fully saturated rings. The van der Waals surface area contributed by atoms with E-state index < -0.39 is 10.1 Å². The molecule has 0 saturated carbocycles. The number of aryl methyl sites for hydroxylation is 1. The van der Waals surface area contributed by atoms with E-state index in [1.165, 1.54) is 57.4 Å². The molecule has 0 aliphatic rings. The summed E-state index contributed by atoms with van der Waals surface area (Å²) < 4.78 is 31.8. The van der Waals surface area contributed by atoms with Gasteiger partial charge in [-0.25, -0.2) is 0 Å². The Morgan fingerprint density at radius 2 is 1.30 bits per heavy atom. The Labute approximate surface area is 174 Å². The van der Waals surface area contributed by atoms with Crippen molar-refractivity contribution in [3.8, 4) is 0 Å². The molecule has 0 atom stereocenters. The molecule has 1 aromatic carbocycles. The molecular formula is C18H30O3STh. The Morgan fingerprint density at radius 3 is 1.83 bits per heavy atom. The fourth-order valence-electron chi connectivity index (χ4n) is 2.76. The van der Waals surface area contributed by atoms with Crippen LogP contribution >= 0.6 is 0 Å². The first-order valence-corrected chi connectivity index (χ1v) is 10.0. The van der Waals surface area contributed by atoms with Gasteiger partial charge in [0, 0.05) is 39.9 Å². The maximum Gasteiger partial charge on any atom is 0.294 e. The molecule has 0 saturated heterocycles. The summed E-state index contributed by atoms with van der Waals surface area (Å²) in [6, 6.07) is 6.73. The monoisotopic (exact) mass is 558 g/mol. The van der Waals surface area contributed by atoms with Crippen LogP contribution in [0.2, 0.25) is 0 Å². The zero-order valence-electron chi connectivity index (χ0n) is 14.3. The number of rotatable bonds is 12. The second-order valence-electron chi connectivity index (χ2n) is 6.01. The molecular weight excluding hydrogens is 528 g/mol. The van der Waals surface area contributed by atoms with Gasteiger partial charge in [-0.2, -0.15) is 8.42 Å². The third-order valence-electron chi connectivity index (χ3n) is 4.05. The van der Waals surface area contributed by atoms with Gasteiger partial charge in [0.1, 0.15) is 0 Å². The molecule has 1 N–H and O–H groups in total. The Morgan fingerprint density at radius 1 is 0.826 bits per heavy atom. The molecule has 0 spiro atoms. The van der Waals surface area contributed by atoms with E-state index in [0.717, 1.165) is 18.4 Å². The molecule has 1 aromatic rings. The molecule has 0 aromatic heterocycles. The molecule has 0 radical (unpaired) electrons. The summed E-state index contributed by atoms with van der Waals surface area (Å²) in [5.41, 5.74) is 0.726. The summed E-state index contributed by atoms with van der Waals surface area (Å²) in [6.07, 6.45) is 13.3. The van der Waals surface area contributed by atoms with Crippen LogP contribution in [-0.4, -0.2) is 13.0 Å². The van der Waals surface area contributed by atoms with Crippen molar-refractivity contribution < 1.29 is 52.9 Å². The normalized spacial score (nSPS) is 11.2. The molecule has 130 valence electrons. The van der Waals surface area contributed by atoms with Crippen molar-refractivity contribution in [2.45, 2.75) is 82.4 Å². The van der Waals surface area contributed by atoms with Gasteiger partial charge < -0.3 is 0 Å². The first kappa shape index (κ1) is 23.5. The number of benzene rings is 1. The van der Waals surface area contributed by atoms with Gasteiger partial charge in [0.25, 0.3) is 10.1 Å². The summed E-state index contributed by atoms with van der Waals surface area (Å²) in [4.78, 5) is 0.0610. The first-order chi connectivity index (χ1) is 10.6. The van der Waals surface area contributed by atoms with Crippen molar-refractivity contribution in [2.24, 2.45) is 0 Å². The fourth-order valence-corrected chi connectivity index (χ4v) is 3.52. The van der Waals surface area contributed by atoms with Crippen LogP contribution in [0.25, 0.3) is 0 Å². The van der Waals surface area contributed by atoms with Crippen LogP contribution in [-0.2, 0) is 16.5 Å². The summed E-state index contributed by atoms with van der Waals surface area (Å²) in [5.74, 6) is 0. The summed E-state index contributed by atoms with van der Waals surface area (Å²) in [5, 5.41) is 0. The van der Waals surface area contributed by atoms with Gasteiger partial charge in [0.2, 0.25) is 0 Å². The van der Waals surface area contributed by atoms with E-state index >= 15 is 0 Å². The van der Waals surface area contributed by atoms with Crippen molar-refractivity contribution in [1.29, 1.82) is 0 Å². The van der Waals surface area contributed by atoms with Gasteiger partial charge in [-0.05, 0) is 24.5 Å². The minimum Gasteiger partial charge on any atom is -0.282 e. The van der Waals surface area contributed by atoms with Crippen LogP contribution in [0.5, 0.6) is 0 Å². The minimum absolute atomic E-state index is 0. The van der Waals surface area contributed by atoms with Gasteiger partial charge >= 0.3 is 0 Å². The van der Waals surface area contributed by atoms with Crippen molar-refractivity contribution in [1.82, 2.24) is 0 Å². The van der Waals surface area contributed by atoms with Crippen molar-refractivity contribution >= 4 is 10.1 Å². The smallest absolute Gasteiger partial charge is 0.282 e. The number of unbranched alkanes of at least 4 members (excludes halogenated alkanes) is 9. The van der Waals surface area contributed by atoms with Gasteiger partial charge in [-0.1, -0.05) is 82.9 Å². The molecule has 0 bridgehead atoms. The molecule has 3 nitrogen and oxygen atoms in total. The zero-order valence-corrected chi connectivity index (χ0v) is 19.2. The Kier molecular flexibility index (Phi) is 14.0. The van der Waals surface area contributed by atoms with Crippen molar-refractivity contribution in [2.75, 3.05) is 0 Å². The van der Waals surface area contributed by atoms with E-state index in [2.05, 4.69) is 6.92 Å². The molecule has 0 aliphatic heterocycles. The van der Waals surface area contributed by atoms with Crippen LogP contribution in [0.15, 0.2) is 29.2 Å². The summed E-state index contributed by atoms with van der Waals surface area (Å²) in [6.45, 7) is 2.24. The standard InChI is InChI=1S/C18H30O3S.Th/c1-2-3-4-5-6-7-8-9-10-11-14-17-15-12-13-16-18(17)22(19,20)21;/h12-13,15-16H,2-11,14H2,1H3,(H,19,20,21);. The quantitative estimate of drug-likeness (QED) is 0.276. The number of hydrogen-bond acceptors (Lipinski definition) is 2. The Balaban J connectivity index is 0.00000484. The van der Waals surface area contributed by atoms with Crippen molar-refractivity contribution in [3.05, 3.63) is 29.8 Å². The zero-order chi connectivity index (χ0) is 16.3. The van der Waals surface area contributed by atoms with Crippen LogP contribution in [0.3, 0.4) is 0 Å². The average molecular weight is 559 g/mol. The van der Waals surface area contributed by atoms with E-state index in [1.54, 1.807) is 12.1 Å². The molecule has 5 heteroatoms. The summed E-state index contributed by atoms with van der Waals surface area (Å²) in [7, 11) is -4.10. The van der Waals surface area contributed by atoms with E-state index in [-0.39, 0.29) is 44.8 Å². The van der Waals surface area contributed by atoms with E-state index in [9.17, 15) is 13.0 Å². The fraction of sp³-hybridized carbons (Fsp3) is 0.667. The van der Waals surface area contributed by atoms with Crippen LogP contribution in [0.1, 0.15) is 76.7 Å². The maximum atomic E-state index is 11.3. The van der Waals surface area contributed by atoms with E-state index in [0.29, 0.717) is 6.42 Å². The average Bonchev–Trinajstić information content (AvgIpc) is 2.48. The third kappa shape index (κ3) is 10.8. The molecule has 0 heterocycles. The predicted molar refractivity (Wildman–Crippen MR) is 91.8 cm³/mol. The van der Waals surface area contributed by atoms with Crippen LogP contribution < -0.4 is 0 Å². The Hall–Kier alpha value is 0.455. The van der Waals surface area contributed by atoms with Gasteiger partial charge in [-0.15, -0.1) is 0 Å².